The van der Waals surface area contributed by atoms with E-state index in [1.54, 1.807) is 0 Å². The molecule has 84 valence electrons. The van der Waals surface area contributed by atoms with Crippen molar-refractivity contribution in [3.8, 4) is 0 Å². The molecular formula is C13H22N2. The second-order valence-corrected chi connectivity index (χ2v) is 4.56. The van der Waals surface area contributed by atoms with E-state index >= 15 is 0 Å². The smallest absolute Gasteiger partial charge is 0.0361 e. The number of hydrogen-bond acceptors (Lipinski definition) is 2. The molecule has 0 aliphatic rings. The van der Waals surface area contributed by atoms with E-state index in [-0.39, 0.29) is 5.41 Å². The first-order chi connectivity index (χ1) is 7.03. The molecule has 2 N–H and O–H groups in total. The molecule has 0 heterocycles. The van der Waals surface area contributed by atoms with E-state index in [9.17, 15) is 0 Å². The topological polar surface area (TPSA) is 29.3 Å². The molecule has 0 aromatic heterocycles. The summed E-state index contributed by atoms with van der Waals surface area (Å²) < 4.78 is 0. The van der Waals surface area contributed by atoms with Crippen molar-refractivity contribution in [1.82, 2.24) is 0 Å². The molecule has 2 nitrogen and oxygen atoms in total. The maximum Gasteiger partial charge on any atom is 0.0361 e. The largest absolute Gasteiger partial charge is 0.378 e. The Kier molecular flexibility index (Phi) is 3.75. The molecule has 2 heteroatoms. The Balaban J connectivity index is 2.97. The zero-order valence-electron chi connectivity index (χ0n) is 10.2. The summed E-state index contributed by atoms with van der Waals surface area (Å²) in [5.74, 6) is 0. The van der Waals surface area contributed by atoms with Gasteiger partial charge in [-0.05, 0) is 24.1 Å². The van der Waals surface area contributed by atoms with Crippen LogP contribution in [0.3, 0.4) is 0 Å². The summed E-state index contributed by atoms with van der Waals surface area (Å²) in [6.45, 7) is 5.11. The number of nitrogens with two attached hydrogens (primary N) is 1. The quantitative estimate of drug-likeness (QED) is 0.819. The van der Waals surface area contributed by atoms with Crippen LogP contribution in [0.1, 0.15) is 25.8 Å². The highest BCUT2D eigenvalue weighted by molar-refractivity contribution is 5.47. The van der Waals surface area contributed by atoms with E-state index < -0.39 is 0 Å². The molecule has 0 saturated heterocycles. The van der Waals surface area contributed by atoms with Gasteiger partial charge in [0.2, 0.25) is 0 Å². The van der Waals surface area contributed by atoms with Crippen molar-refractivity contribution in [3.05, 3.63) is 29.8 Å². The molecule has 15 heavy (non-hydrogen) atoms. The van der Waals surface area contributed by atoms with Crippen molar-refractivity contribution in [3.63, 3.8) is 0 Å². The monoisotopic (exact) mass is 206 g/mol. The first kappa shape index (κ1) is 12.1. The van der Waals surface area contributed by atoms with Gasteiger partial charge in [-0.15, -0.1) is 0 Å². The summed E-state index contributed by atoms with van der Waals surface area (Å²) in [5.41, 5.74) is 8.52. The Bertz CT molecular complexity index is 297. The molecule has 0 saturated carbocycles. The third-order valence-electron chi connectivity index (χ3n) is 3.31. The summed E-state index contributed by atoms with van der Waals surface area (Å²) in [6, 6.07) is 8.68. The van der Waals surface area contributed by atoms with Crippen LogP contribution in [0.15, 0.2) is 24.3 Å². The van der Waals surface area contributed by atoms with Crippen LogP contribution in [0, 0.1) is 0 Å². The second-order valence-electron chi connectivity index (χ2n) is 4.56. The first-order valence-corrected chi connectivity index (χ1v) is 5.51. The van der Waals surface area contributed by atoms with E-state index in [2.05, 4.69) is 57.1 Å². The Labute approximate surface area is 93.1 Å². The fourth-order valence-electron chi connectivity index (χ4n) is 1.63. The fraction of sp³-hybridized carbons (Fsp3) is 0.538. The highest BCUT2D eigenvalue weighted by Crippen LogP contribution is 2.27. The lowest BCUT2D eigenvalue weighted by Crippen LogP contribution is -2.30. The number of rotatable bonds is 4. The molecule has 0 aliphatic carbocycles. The average molecular weight is 206 g/mol. The van der Waals surface area contributed by atoms with Crippen molar-refractivity contribution in [1.29, 1.82) is 0 Å². The van der Waals surface area contributed by atoms with Crippen LogP contribution in [0.2, 0.25) is 0 Å². The maximum atomic E-state index is 5.84. The zero-order valence-corrected chi connectivity index (χ0v) is 10.2. The van der Waals surface area contributed by atoms with Gasteiger partial charge in [-0.1, -0.05) is 26.0 Å². The van der Waals surface area contributed by atoms with Gasteiger partial charge in [-0.2, -0.15) is 0 Å². The summed E-state index contributed by atoms with van der Waals surface area (Å²) in [5, 5.41) is 0. The van der Waals surface area contributed by atoms with Crippen LogP contribution >= 0.6 is 0 Å². The lowest BCUT2D eigenvalue weighted by Gasteiger charge is -2.27. The lowest BCUT2D eigenvalue weighted by molar-refractivity contribution is 0.467. The van der Waals surface area contributed by atoms with Crippen LogP contribution in [0.25, 0.3) is 0 Å². The van der Waals surface area contributed by atoms with Gasteiger partial charge >= 0.3 is 0 Å². The molecular weight excluding hydrogens is 184 g/mol. The molecule has 0 aliphatic heterocycles. The Morgan fingerprint density at radius 3 is 2.07 bits per heavy atom. The van der Waals surface area contributed by atoms with Crippen LogP contribution in [-0.4, -0.2) is 20.6 Å². The molecule has 1 unspecified atom stereocenters. The molecule has 0 amide bonds. The van der Waals surface area contributed by atoms with Crippen molar-refractivity contribution in [2.75, 3.05) is 25.5 Å². The lowest BCUT2D eigenvalue weighted by atomic mass is 9.80. The Hall–Kier alpha value is -1.02. The van der Waals surface area contributed by atoms with Crippen molar-refractivity contribution >= 4 is 5.69 Å². The first-order valence-electron chi connectivity index (χ1n) is 5.51. The van der Waals surface area contributed by atoms with E-state index in [1.807, 2.05) is 0 Å². The molecule has 1 aromatic carbocycles. The van der Waals surface area contributed by atoms with E-state index in [1.165, 1.54) is 11.3 Å². The molecule has 1 aromatic rings. The van der Waals surface area contributed by atoms with Crippen molar-refractivity contribution in [2.24, 2.45) is 5.73 Å². The van der Waals surface area contributed by atoms with Gasteiger partial charge in [0.25, 0.3) is 0 Å². The summed E-state index contributed by atoms with van der Waals surface area (Å²) in [6.07, 6.45) is 1.07. The third kappa shape index (κ3) is 2.51. The van der Waals surface area contributed by atoms with Gasteiger partial charge in [0.1, 0.15) is 0 Å². The van der Waals surface area contributed by atoms with Gasteiger partial charge in [0.05, 0.1) is 0 Å². The molecule has 0 spiro atoms. The van der Waals surface area contributed by atoms with Crippen LogP contribution in [-0.2, 0) is 5.41 Å². The SMILES string of the molecule is CCC(C)(CN)c1ccc(N(C)C)cc1. The summed E-state index contributed by atoms with van der Waals surface area (Å²) >= 11 is 0. The third-order valence-corrected chi connectivity index (χ3v) is 3.31. The van der Waals surface area contributed by atoms with Gasteiger partial charge in [-0.25, -0.2) is 0 Å². The molecule has 1 atom stereocenters. The normalized spacial score (nSPS) is 14.7. The average Bonchev–Trinajstić information content (AvgIpc) is 2.28. The second kappa shape index (κ2) is 4.67. The number of hydrogen-bond donors (Lipinski definition) is 1. The molecule has 1 rings (SSSR count). The number of anilines is 1. The standard InChI is InChI=1S/C13H22N2/c1-5-13(2,10-14)11-6-8-12(9-7-11)15(3)4/h6-9H,5,10,14H2,1-4H3. The Morgan fingerprint density at radius 2 is 1.73 bits per heavy atom. The van der Waals surface area contributed by atoms with Gasteiger partial charge < -0.3 is 10.6 Å². The highest BCUT2D eigenvalue weighted by atomic mass is 15.1. The van der Waals surface area contributed by atoms with Gasteiger partial charge in [-0.3, -0.25) is 0 Å². The van der Waals surface area contributed by atoms with Gasteiger partial charge in [0, 0.05) is 31.7 Å². The minimum atomic E-state index is 0.116. The summed E-state index contributed by atoms with van der Waals surface area (Å²) in [4.78, 5) is 2.11. The van der Waals surface area contributed by atoms with E-state index in [0.29, 0.717) is 6.54 Å². The van der Waals surface area contributed by atoms with Gasteiger partial charge in [0.15, 0.2) is 0 Å². The minimum absolute atomic E-state index is 0.116. The zero-order chi connectivity index (χ0) is 11.5. The predicted octanol–water partition coefficient (Wildman–Crippen LogP) is 2.38. The van der Waals surface area contributed by atoms with Crippen molar-refractivity contribution in [2.45, 2.75) is 25.7 Å². The molecule has 0 bridgehead atoms. The molecule has 0 fully saturated rings. The number of benzene rings is 1. The Morgan fingerprint density at radius 1 is 1.20 bits per heavy atom. The van der Waals surface area contributed by atoms with Crippen LogP contribution in [0.5, 0.6) is 0 Å². The maximum absolute atomic E-state index is 5.84. The predicted molar refractivity (Wildman–Crippen MR) is 67.5 cm³/mol. The van der Waals surface area contributed by atoms with E-state index in [0.717, 1.165) is 6.42 Å². The highest BCUT2D eigenvalue weighted by Gasteiger charge is 2.22. The fourth-order valence-corrected chi connectivity index (χ4v) is 1.63. The molecule has 0 radical (unpaired) electrons. The number of nitrogens with zero attached hydrogens (tertiary/aromatic N) is 1. The van der Waals surface area contributed by atoms with Crippen LogP contribution in [0.4, 0.5) is 5.69 Å². The summed E-state index contributed by atoms with van der Waals surface area (Å²) in [7, 11) is 4.11. The minimum Gasteiger partial charge on any atom is -0.378 e. The van der Waals surface area contributed by atoms with Crippen LogP contribution < -0.4 is 10.6 Å². The van der Waals surface area contributed by atoms with E-state index in [4.69, 9.17) is 5.73 Å². The van der Waals surface area contributed by atoms with Crippen molar-refractivity contribution < 1.29 is 0 Å².